The number of unbranched alkanes of at least 4 members (excludes halogenated alkanes) is 12. The van der Waals surface area contributed by atoms with Crippen LogP contribution < -0.4 is 32.3 Å². The predicted molar refractivity (Wildman–Crippen MR) is 484 cm³/mol. The summed E-state index contributed by atoms with van der Waals surface area (Å²) in [5, 5.41) is 30.0. The number of anilines is 4. The van der Waals surface area contributed by atoms with Crippen molar-refractivity contribution in [3.05, 3.63) is 168 Å². The van der Waals surface area contributed by atoms with Gasteiger partial charge in [0.05, 0.1) is 79.6 Å². The summed E-state index contributed by atoms with van der Waals surface area (Å²) in [4.78, 5) is 151. The monoisotopic (exact) mass is 1710 g/mol. The number of amides is 3. The van der Waals surface area contributed by atoms with Crippen LogP contribution in [0.5, 0.6) is 0 Å². The van der Waals surface area contributed by atoms with Gasteiger partial charge in [0.1, 0.15) is 40.3 Å². The van der Waals surface area contributed by atoms with Crippen LogP contribution in [0.2, 0.25) is 0 Å². The Hall–Kier alpha value is -12.0. The number of ketones is 6. The quantitative estimate of drug-likeness (QED) is 0.0134. The number of aryl methyl sites for hydroxylation is 2. The molecular formula is C98H126N12O15. The molecule has 3 amide bonds. The van der Waals surface area contributed by atoms with Gasteiger partial charge in [-0.15, -0.1) is 10.2 Å². The number of esters is 2. The Balaban J connectivity index is 0.000000280. The van der Waals surface area contributed by atoms with Gasteiger partial charge in [0, 0.05) is 129 Å². The number of carbonyl (C=O) groups excluding carboxylic acids is 11. The van der Waals surface area contributed by atoms with E-state index in [1.54, 1.807) is 50.2 Å². The number of aromatic carboxylic acids is 1. The van der Waals surface area contributed by atoms with Crippen molar-refractivity contribution in [2.75, 3.05) is 34.5 Å². The highest BCUT2D eigenvalue weighted by Gasteiger charge is 2.32. The molecule has 8 N–H and O–H groups in total. The largest absolute Gasteiger partial charge is 0.478 e. The number of carboxylic acids is 1. The zero-order valence-electron chi connectivity index (χ0n) is 73.3. The first-order chi connectivity index (χ1) is 60.5. The fourth-order valence-electron chi connectivity index (χ4n) is 15.0. The van der Waals surface area contributed by atoms with Crippen LogP contribution in [0.1, 0.15) is 278 Å². The average molecular weight is 1710 g/mol. The molecule has 2 unspecified atom stereocenters. The van der Waals surface area contributed by atoms with Gasteiger partial charge < -0.3 is 46.9 Å². The predicted octanol–water partition coefficient (Wildman–Crippen LogP) is 17.4. The second-order valence-electron chi connectivity index (χ2n) is 31.9. The highest BCUT2D eigenvalue weighted by atomic mass is 16.5. The Morgan fingerprint density at radius 1 is 0.392 bits per heavy atom. The summed E-state index contributed by atoms with van der Waals surface area (Å²) in [5.41, 5.74) is 29.6. The van der Waals surface area contributed by atoms with Crippen molar-refractivity contribution >= 4 is 93.1 Å². The van der Waals surface area contributed by atoms with Crippen molar-refractivity contribution in [3.63, 3.8) is 0 Å². The lowest BCUT2D eigenvalue weighted by atomic mass is 9.95. The Labute approximate surface area is 734 Å². The first-order valence-electron chi connectivity index (χ1n) is 44.8. The van der Waals surface area contributed by atoms with E-state index in [1.807, 2.05) is 130 Å². The van der Waals surface area contributed by atoms with E-state index in [0.29, 0.717) is 185 Å². The molecule has 2 aliphatic rings. The minimum absolute atomic E-state index is 0.00772. The average Bonchev–Trinajstić information content (AvgIpc) is 1.68. The van der Waals surface area contributed by atoms with Gasteiger partial charge in [-0.3, -0.25) is 52.7 Å². The van der Waals surface area contributed by atoms with Gasteiger partial charge in [-0.2, -0.15) is 0 Å². The first kappa shape index (κ1) is 98.4. The Morgan fingerprint density at radius 2 is 0.760 bits per heavy atom. The summed E-state index contributed by atoms with van der Waals surface area (Å²) in [6.07, 6.45) is 19.9. The molecule has 0 saturated carbocycles. The third-order valence-corrected chi connectivity index (χ3v) is 22.5. The SMILES string of the molecule is CCC(=O)CCCCC(=O)N1Cc2ccccc2-c2nnn(CCCCC(N)C(=O)CCCCCCCOC(=O)CCC(=O)CC)c2-c2ccccc21.CCC(=O)CCCCC(=O)N1Cc2ccccc2-c2nnn(CCCCC(NC(=O)c3ccc(N)cc3)C(=O)CCCCCCCOC(=O)CCC(=O)CC)c2-c2ccccc21.Nc1ccc(C(=O)O)cc1. The van der Waals surface area contributed by atoms with Crippen molar-refractivity contribution < 1.29 is 72.1 Å². The highest BCUT2D eigenvalue weighted by molar-refractivity contribution is 6.02. The molecule has 0 aliphatic carbocycles. The van der Waals surface area contributed by atoms with E-state index in [2.05, 4.69) is 25.9 Å². The molecule has 2 aliphatic heterocycles. The second-order valence-corrected chi connectivity index (χ2v) is 31.9. The lowest BCUT2D eigenvalue weighted by Gasteiger charge is -2.29. The summed E-state index contributed by atoms with van der Waals surface area (Å²) in [7, 11) is 0. The van der Waals surface area contributed by atoms with Crippen LogP contribution in [-0.4, -0.2) is 131 Å². The minimum Gasteiger partial charge on any atom is -0.478 e. The van der Waals surface area contributed by atoms with Crippen LogP contribution in [0.15, 0.2) is 146 Å². The molecule has 0 saturated heterocycles. The topological polar surface area (TPSA) is 402 Å². The minimum atomic E-state index is -0.931. The molecule has 0 bridgehead atoms. The van der Waals surface area contributed by atoms with Crippen molar-refractivity contribution in [2.45, 2.75) is 284 Å². The molecule has 0 spiro atoms. The Bertz CT molecular complexity index is 4880. The summed E-state index contributed by atoms with van der Waals surface area (Å²) in [6.45, 7) is 9.85. The molecule has 8 aromatic rings. The number of nitrogens with zero attached hydrogens (tertiary/aromatic N) is 8. The number of nitrogens with one attached hydrogen (secondary N) is 1. The summed E-state index contributed by atoms with van der Waals surface area (Å²) in [5.74, 6) is -1.32. The van der Waals surface area contributed by atoms with Gasteiger partial charge >= 0.3 is 17.9 Å². The molecule has 0 fully saturated rings. The molecule has 4 heterocycles. The fraction of sp³-hybridized carbons (Fsp3) is 0.469. The summed E-state index contributed by atoms with van der Waals surface area (Å²) >= 11 is 0. The van der Waals surface area contributed by atoms with Crippen LogP contribution in [0, 0.1) is 0 Å². The zero-order chi connectivity index (χ0) is 89.8. The summed E-state index contributed by atoms with van der Waals surface area (Å²) < 4.78 is 14.2. The maximum absolute atomic E-state index is 13.9. The normalized spacial score (nSPS) is 12.1. The van der Waals surface area contributed by atoms with Gasteiger partial charge in [-0.1, -0.05) is 162 Å². The van der Waals surface area contributed by atoms with E-state index < -0.39 is 18.1 Å². The number of aromatic nitrogens is 6. The number of carboxylic acid groups (broad SMARTS) is 1. The molecule has 6 aromatic carbocycles. The molecule has 668 valence electrons. The van der Waals surface area contributed by atoms with E-state index in [1.165, 1.54) is 12.1 Å². The fourth-order valence-corrected chi connectivity index (χ4v) is 15.0. The molecule has 27 nitrogen and oxygen atoms in total. The van der Waals surface area contributed by atoms with Gasteiger partial charge in [-0.05, 0) is 162 Å². The number of hydrogen-bond acceptors (Lipinski definition) is 21. The van der Waals surface area contributed by atoms with Gasteiger partial charge in [0.25, 0.3) is 5.91 Å². The number of ether oxygens (including phenoxy) is 2. The molecule has 2 aromatic heterocycles. The number of nitrogens with two attached hydrogens (primary N) is 3. The van der Waals surface area contributed by atoms with Gasteiger partial charge in [0.15, 0.2) is 5.78 Å². The van der Waals surface area contributed by atoms with Crippen LogP contribution in [-0.2, 0) is 83.6 Å². The van der Waals surface area contributed by atoms with E-state index >= 15 is 0 Å². The summed E-state index contributed by atoms with van der Waals surface area (Å²) in [6, 6.07) is 43.2. The highest BCUT2D eigenvalue weighted by Crippen LogP contribution is 2.44. The number of carbonyl (C=O) groups is 12. The number of para-hydroxylation sites is 2. The second kappa shape index (κ2) is 53.2. The number of benzene rings is 6. The number of Topliss-reactive ketones (excluding diaryl/α,β-unsaturated/α-hetero) is 6. The Kier molecular flexibility index (Phi) is 41.9. The molecule has 125 heavy (non-hydrogen) atoms. The van der Waals surface area contributed by atoms with Crippen LogP contribution in [0.3, 0.4) is 0 Å². The molecule has 27 heteroatoms. The number of rotatable bonds is 51. The van der Waals surface area contributed by atoms with E-state index in [-0.39, 0.29) is 95.6 Å². The number of hydrogen-bond donors (Lipinski definition) is 5. The van der Waals surface area contributed by atoms with E-state index in [4.69, 9.17) is 31.8 Å². The maximum atomic E-state index is 13.9. The number of nitrogen functional groups attached to an aromatic ring is 2. The standard InChI is InChI=1S/C49H62N6O7.C42H57N5O6.C7H7NO2/c1-3-38(56)19-10-14-25-45(59)54-34-36-18-9-11-20-40(36)47-48(41-21-12-13-23-43(41)54)55(53-52-47)32-16-15-22-42(51-49(61)35-26-28-37(50)29-27-35)44(58)24-8-6-5-7-17-33-62-46(60)31-30-39(57)4-2;1-3-32(48)19-10-14-25-39(51)46-30-31-18-9-11-20-34(31)41-42(35-21-12-13-23-37(35)46)47(45-44-41)28-16-15-22-36(43)38(50)24-8-6-5-7-17-29-53-40(52)27-26-33(49)4-2;8-6-3-1-5(2-4-6)7(9)10/h9,11-13,18,20-21,23,26-29,42H,3-8,10,14-17,19,22,24-25,30-34,50H2,1-2H3,(H,51,61);9,11-13,18,20-21,23,36H,3-8,10,14-17,19,22,24-30,43H2,1-2H3;1-4H,8H2,(H,9,10). The van der Waals surface area contributed by atoms with Gasteiger partial charge in [-0.25, -0.2) is 14.2 Å². The van der Waals surface area contributed by atoms with E-state index in [9.17, 15) is 57.5 Å². The molecular weight excluding hydrogens is 1590 g/mol. The smallest absolute Gasteiger partial charge is 0.335 e. The van der Waals surface area contributed by atoms with Crippen LogP contribution in [0.25, 0.3) is 45.0 Å². The van der Waals surface area contributed by atoms with Crippen LogP contribution in [0.4, 0.5) is 22.7 Å². The molecule has 0 radical (unpaired) electrons. The maximum Gasteiger partial charge on any atom is 0.335 e. The van der Waals surface area contributed by atoms with Crippen molar-refractivity contribution in [1.82, 2.24) is 35.3 Å². The molecule has 2 atom stereocenters. The van der Waals surface area contributed by atoms with Crippen molar-refractivity contribution in [1.29, 1.82) is 0 Å². The Morgan fingerprint density at radius 3 is 1.20 bits per heavy atom. The molecule has 10 rings (SSSR count). The van der Waals surface area contributed by atoms with E-state index in [0.717, 1.165) is 132 Å². The lowest BCUT2D eigenvalue weighted by molar-refractivity contribution is -0.145. The number of fused-ring (bicyclic) bond motifs is 10. The van der Waals surface area contributed by atoms with Crippen molar-refractivity contribution in [2.24, 2.45) is 5.73 Å². The van der Waals surface area contributed by atoms with Crippen molar-refractivity contribution in [3.8, 4) is 45.0 Å². The third kappa shape index (κ3) is 31.9. The van der Waals surface area contributed by atoms with Gasteiger partial charge in [0.2, 0.25) is 11.8 Å². The lowest BCUT2D eigenvalue weighted by Crippen LogP contribution is -2.40. The first-order valence-corrected chi connectivity index (χ1v) is 44.8. The zero-order valence-corrected chi connectivity index (χ0v) is 73.3. The van der Waals surface area contributed by atoms with Crippen LogP contribution >= 0.6 is 0 Å². The third-order valence-electron chi connectivity index (χ3n) is 22.5.